The molecule has 0 aliphatic carbocycles. The molecular formula is C14H24N2O2S. The van der Waals surface area contributed by atoms with Gasteiger partial charge in [0, 0.05) is 19.6 Å². The summed E-state index contributed by atoms with van der Waals surface area (Å²) in [6.45, 7) is 8.38. The third kappa shape index (κ3) is 4.30. The molecule has 0 amide bonds. The second kappa shape index (κ2) is 5.61. The minimum atomic E-state index is -3.42. The standard InChI is InChI=1S/C14H24N2O2S/c1-11(15)12-6-8-13(9-7-12)19(17,18)16(5)10-14(2,3)4/h6-9,11H,10,15H2,1-5H3. The Hall–Kier alpha value is -0.910. The van der Waals surface area contributed by atoms with E-state index in [0.717, 1.165) is 5.56 Å². The van der Waals surface area contributed by atoms with E-state index in [2.05, 4.69) is 0 Å². The SMILES string of the molecule is CC(N)c1ccc(S(=O)(=O)N(C)CC(C)(C)C)cc1. The largest absolute Gasteiger partial charge is 0.324 e. The van der Waals surface area contributed by atoms with Crippen molar-refractivity contribution >= 4 is 10.0 Å². The van der Waals surface area contributed by atoms with Crippen LogP contribution in [0.5, 0.6) is 0 Å². The fourth-order valence-electron chi connectivity index (χ4n) is 1.88. The highest BCUT2D eigenvalue weighted by atomic mass is 32.2. The molecule has 2 N–H and O–H groups in total. The van der Waals surface area contributed by atoms with E-state index in [0.29, 0.717) is 11.4 Å². The third-order valence-electron chi connectivity index (χ3n) is 2.81. The lowest BCUT2D eigenvalue weighted by molar-refractivity contribution is 0.311. The Bertz CT molecular complexity index is 513. The highest BCUT2D eigenvalue weighted by Crippen LogP contribution is 2.21. The van der Waals surface area contributed by atoms with Crippen LogP contribution in [0.2, 0.25) is 0 Å². The predicted octanol–water partition coefficient (Wildman–Crippen LogP) is 2.37. The first-order chi connectivity index (χ1) is 8.54. The van der Waals surface area contributed by atoms with Crippen LogP contribution in [-0.2, 0) is 10.0 Å². The molecule has 1 aromatic carbocycles. The molecule has 108 valence electrons. The molecule has 0 heterocycles. The summed E-state index contributed by atoms with van der Waals surface area (Å²) in [5.74, 6) is 0. The Morgan fingerprint density at radius 1 is 1.21 bits per heavy atom. The molecular weight excluding hydrogens is 260 g/mol. The first-order valence-corrected chi connectivity index (χ1v) is 7.80. The highest BCUT2D eigenvalue weighted by molar-refractivity contribution is 7.89. The van der Waals surface area contributed by atoms with E-state index in [1.54, 1.807) is 31.3 Å². The van der Waals surface area contributed by atoms with Crippen molar-refractivity contribution in [3.05, 3.63) is 29.8 Å². The van der Waals surface area contributed by atoms with Crippen LogP contribution >= 0.6 is 0 Å². The number of benzene rings is 1. The summed E-state index contributed by atoms with van der Waals surface area (Å²) in [7, 11) is -1.81. The predicted molar refractivity (Wildman–Crippen MR) is 78.3 cm³/mol. The average Bonchev–Trinajstić information content (AvgIpc) is 2.26. The van der Waals surface area contributed by atoms with Crippen LogP contribution in [0.1, 0.15) is 39.3 Å². The minimum absolute atomic E-state index is 0.0759. The zero-order chi connectivity index (χ0) is 14.8. The maximum absolute atomic E-state index is 12.4. The van der Waals surface area contributed by atoms with Gasteiger partial charge in [0.1, 0.15) is 0 Å². The fraction of sp³-hybridized carbons (Fsp3) is 0.571. The van der Waals surface area contributed by atoms with Gasteiger partial charge in [-0.2, -0.15) is 0 Å². The minimum Gasteiger partial charge on any atom is -0.324 e. The van der Waals surface area contributed by atoms with Crippen molar-refractivity contribution in [2.24, 2.45) is 11.1 Å². The molecule has 5 heteroatoms. The van der Waals surface area contributed by atoms with E-state index < -0.39 is 10.0 Å². The van der Waals surface area contributed by atoms with Gasteiger partial charge in [-0.1, -0.05) is 32.9 Å². The summed E-state index contributed by atoms with van der Waals surface area (Å²) >= 11 is 0. The molecule has 1 rings (SSSR count). The maximum atomic E-state index is 12.4. The van der Waals surface area contributed by atoms with Crippen LogP contribution in [0.3, 0.4) is 0 Å². The summed E-state index contributed by atoms with van der Waals surface area (Å²) in [4.78, 5) is 0.309. The van der Waals surface area contributed by atoms with Crippen molar-refractivity contribution in [3.63, 3.8) is 0 Å². The van der Waals surface area contributed by atoms with Gasteiger partial charge < -0.3 is 5.73 Å². The summed E-state index contributed by atoms with van der Waals surface area (Å²) in [5, 5.41) is 0. The first-order valence-electron chi connectivity index (χ1n) is 6.36. The van der Waals surface area contributed by atoms with E-state index in [1.165, 1.54) is 4.31 Å². The van der Waals surface area contributed by atoms with Crippen molar-refractivity contribution in [2.45, 2.75) is 38.6 Å². The van der Waals surface area contributed by atoms with Gasteiger partial charge in [-0.3, -0.25) is 0 Å². The Morgan fingerprint density at radius 2 is 1.68 bits per heavy atom. The van der Waals surface area contributed by atoms with Gasteiger partial charge >= 0.3 is 0 Å². The van der Waals surface area contributed by atoms with Crippen LogP contribution < -0.4 is 5.73 Å². The smallest absolute Gasteiger partial charge is 0.242 e. The van der Waals surface area contributed by atoms with E-state index in [1.807, 2.05) is 27.7 Å². The normalized spacial score (nSPS) is 14.7. The Balaban J connectivity index is 3.00. The molecule has 0 radical (unpaired) electrons. The zero-order valence-electron chi connectivity index (χ0n) is 12.3. The lowest BCUT2D eigenvalue weighted by Crippen LogP contribution is -2.34. The second-order valence-corrected chi connectivity index (χ2v) is 8.22. The van der Waals surface area contributed by atoms with Gasteiger partial charge in [0.15, 0.2) is 0 Å². The van der Waals surface area contributed by atoms with E-state index in [4.69, 9.17) is 5.73 Å². The molecule has 1 atom stereocenters. The van der Waals surface area contributed by atoms with Crippen LogP contribution in [0.15, 0.2) is 29.2 Å². The quantitative estimate of drug-likeness (QED) is 0.923. The number of sulfonamides is 1. The Kier molecular flexibility index (Phi) is 4.76. The molecule has 0 fully saturated rings. The number of rotatable bonds is 4. The lowest BCUT2D eigenvalue weighted by atomic mass is 9.97. The van der Waals surface area contributed by atoms with Crippen LogP contribution in [0, 0.1) is 5.41 Å². The number of hydrogen-bond acceptors (Lipinski definition) is 3. The van der Waals surface area contributed by atoms with Crippen molar-refractivity contribution in [1.82, 2.24) is 4.31 Å². The third-order valence-corrected chi connectivity index (χ3v) is 4.63. The number of hydrogen-bond donors (Lipinski definition) is 1. The summed E-state index contributed by atoms with van der Waals surface area (Å²) < 4.78 is 26.2. The zero-order valence-corrected chi connectivity index (χ0v) is 13.2. The molecule has 0 aromatic heterocycles. The summed E-state index contributed by atoms with van der Waals surface area (Å²) in [6, 6.07) is 6.68. The monoisotopic (exact) mass is 284 g/mol. The molecule has 19 heavy (non-hydrogen) atoms. The summed E-state index contributed by atoms with van der Waals surface area (Å²) in [5.41, 5.74) is 6.61. The molecule has 4 nitrogen and oxygen atoms in total. The lowest BCUT2D eigenvalue weighted by Gasteiger charge is -2.26. The number of nitrogens with zero attached hydrogens (tertiary/aromatic N) is 1. The molecule has 0 saturated heterocycles. The molecule has 0 saturated carbocycles. The molecule has 0 bridgehead atoms. The summed E-state index contributed by atoms with van der Waals surface area (Å²) in [6.07, 6.45) is 0. The molecule has 0 aliphatic rings. The van der Waals surface area contributed by atoms with Crippen LogP contribution in [0.25, 0.3) is 0 Å². The first kappa shape index (κ1) is 16.1. The molecule has 1 unspecified atom stereocenters. The Morgan fingerprint density at radius 3 is 2.05 bits per heavy atom. The van der Waals surface area contributed by atoms with Gasteiger partial charge in [-0.25, -0.2) is 12.7 Å². The Labute approximate surface area is 116 Å². The fourth-order valence-corrected chi connectivity index (χ4v) is 3.27. The molecule has 1 aromatic rings. The van der Waals surface area contributed by atoms with Crippen molar-refractivity contribution in [1.29, 1.82) is 0 Å². The van der Waals surface area contributed by atoms with Gasteiger partial charge in [-0.15, -0.1) is 0 Å². The van der Waals surface area contributed by atoms with Crippen LogP contribution in [0.4, 0.5) is 0 Å². The second-order valence-electron chi connectivity index (χ2n) is 6.18. The molecule has 0 aliphatic heterocycles. The van der Waals surface area contributed by atoms with Gasteiger partial charge in [0.2, 0.25) is 10.0 Å². The van der Waals surface area contributed by atoms with Crippen molar-refractivity contribution in [2.75, 3.05) is 13.6 Å². The maximum Gasteiger partial charge on any atom is 0.242 e. The molecule has 0 spiro atoms. The van der Waals surface area contributed by atoms with E-state index in [9.17, 15) is 8.42 Å². The topological polar surface area (TPSA) is 63.4 Å². The van der Waals surface area contributed by atoms with E-state index >= 15 is 0 Å². The van der Waals surface area contributed by atoms with Crippen molar-refractivity contribution in [3.8, 4) is 0 Å². The average molecular weight is 284 g/mol. The number of nitrogens with two attached hydrogens (primary N) is 1. The highest BCUT2D eigenvalue weighted by Gasteiger charge is 2.25. The van der Waals surface area contributed by atoms with Crippen molar-refractivity contribution < 1.29 is 8.42 Å². The van der Waals surface area contributed by atoms with Gasteiger partial charge in [0.25, 0.3) is 0 Å². The van der Waals surface area contributed by atoms with Crippen LogP contribution in [-0.4, -0.2) is 26.3 Å². The van der Waals surface area contributed by atoms with Gasteiger partial charge in [-0.05, 0) is 30.0 Å². The van der Waals surface area contributed by atoms with Gasteiger partial charge in [0.05, 0.1) is 4.90 Å². The van der Waals surface area contributed by atoms with E-state index in [-0.39, 0.29) is 11.5 Å².